The number of hydrogen-bond acceptors (Lipinski definition) is 4. The van der Waals surface area contributed by atoms with Gasteiger partial charge in [-0.2, -0.15) is 0 Å². The number of terminal acetylenes is 1. The summed E-state index contributed by atoms with van der Waals surface area (Å²) in [5, 5.41) is 0. The summed E-state index contributed by atoms with van der Waals surface area (Å²) in [5.74, 6) is 2.61. The molecule has 0 aliphatic carbocycles. The molecule has 92 valence electrons. The zero-order chi connectivity index (χ0) is 12.1. The third-order valence-electron chi connectivity index (χ3n) is 1.86. The van der Waals surface area contributed by atoms with Crippen molar-refractivity contribution in [1.82, 2.24) is 4.90 Å². The number of hydrogen-bond donors (Lipinski definition) is 0. The van der Waals surface area contributed by atoms with Crippen molar-refractivity contribution >= 4 is 0 Å². The average molecular weight is 227 g/mol. The van der Waals surface area contributed by atoms with Crippen LogP contribution in [0.15, 0.2) is 12.3 Å². The molecule has 0 fully saturated rings. The lowest BCUT2D eigenvalue weighted by Crippen LogP contribution is -2.28. The van der Waals surface area contributed by atoms with Gasteiger partial charge in [0.2, 0.25) is 0 Å². The summed E-state index contributed by atoms with van der Waals surface area (Å²) < 4.78 is 15.1. The van der Waals surface area contributed by atoms with Crippen molar-refractivity contribution in [3.8, 4) is 12.3 Å². The maximum absolute atomic E-state index is 5.40. The maximum Gasteiger partial charge on any atom is 0.0999 e. The standard InChI is InChI=1S/C12H21NO3/c1-4-7-13(8-5-6-9-14-2)12-16-11-10-15-3/h1,6,9H,5,7-8,10-12H2,2-3H3. The largest absolute Gasteiger partial charge is 0.505 e. The summed E-state index contributed by atoms with van der Waals surface area (Å²) in [6.45, 7) is 3.18. The van der Waals surface area contributed by atoms with Gasteiger partial charge >= 0.3 is 0 Å². The smallest absolute Gasteiger partial charge is 0.0999 e. The Hall–Kier alpha value is -1.02. The summed E-state index contributed by atoms with van der Waals surface area (Å²) in [6.07, 6.45) is 9.79. The van der Waals surface area contributed by atoms with Crippen LogP contribution < -0.4 is 0 Å². The van der Waals surface area contributed by atoms with Crippen LogP contribution in [-0.4, -0.2) is 52.2 Å². The highest BCUT2D eigenvalue weighted by atomic mass is 16.5. The molecule has 4 nitrogen and oxygen atoms in total. The van der Waals surface area contributed by atoms with Gasteiger partial charge in [-0.15, -0.1) is 6.42 Å². The number of nitrogens with zero attached hydrogens (tertiary/aromatic N) is 1. The minimum Gasteiger partial charge on any atom is -0.505 e. The van der Waals surface area contributed by atoms with Crippen LogP contribution in [0.3, 0.4) is 0 Å². The summed E-state index contributed by atoms with van der Waals surface area (Å²) >= 11 is 0. The minimum atomic E-state index is 0.536. The van der Waals surface area contributed by atoms with Gasteiger partial charge in [-0.3, -0.25) is 4.90 Å². The van der Waals surface area contributed by atoms with Crippen molar-refractivity contribution in [3.05, 3.63) is 12.3 Å². The monoisotopic (exact) mass is 227 g/mol. The van der Waals surface area contributed by atoms with E-state index in [1.165, 1.54) is 0 Å². The van der Waals surface area contributed by atoms with Crippen molar-refractivity contribution < 1.29 is 14.2 Å². The molecule has 0 radical (unpaired) electrons. The van der Waals surface area contributed by atoms with Crippen molar-refractivity contribution in [1.29, 1.82) is 0 Å². The number of rotatable bonds is 10. The zero-order valence-corrected chi connectivity index (χ0v) is 10.1. The topological polar surface area (TPSA) is 30.9 Å². The maximum atomic E-state index is 5.40. The van der Waals surface area contributed by atoms with E-state index in [0.29, 0.717) is 26.5 Å². The van der Waals surface area contributed by atoms with Gasteiger partial charge in [-0.25, -0.2) is 0 Å². The van der Waals surface area contributed by atoms with Gasteiger partial charge in [0, 0.05) is 13.7 Å². The molecule has 0 saturated heterocycles. The molecule has 0 spiro atoms. The SMILES string of the molecule is C#CCN(CCC=COC)COCCOC. The highest BCUT2D eigenvalue weighted by Gasteiger charge is 2.01. The second kappa shape index (κ2) is 12.1. The van der Waals surface area contributed by atoms with Crippen LogP contribution in [-0.2, 0) is 14.2 Å². The third-order valence-corrected chi connectivity index (χ3v) is 1.86. The molecule has 0 rings (SSSR count). The van der Waals surface area contributed by atoms with E-state index < -0.39 is 0 Å². The van der Waals surface area contributed by atoms with E-state index in [0.717, 1.165) is 13.0 Å². The van der Waals surface area contributed by atoms with Crippen molar-refractivity contribution in [2.24, 2.45) is 0 Å². The Kier molecular flexibility index (Phi) is 11.3. The Bertz CT molecular complexity index is 211. The summed E-state index contributed by atoms with van der Waals surface area (Å²) in [6, 6.07) is 0. The molecular weight excluding hydrogens is 206 g/mol. The van der Waals surface area contributed by atoms with Crippen LogP contribution in [0.4, 0.5) is 0 Å². The summed E-state index contributed by atoms with van der Waals surface area (Å²) in [5.41, 5.74) is 0. The third kappa shape index (κ3) is 9.53. The van der Waals surface area contributed by atoms with Crippen LogP contribution in [0.5, 0.6) is 0 Å². The first-order chi connectivity index (χ1) is 7.85. The predicted octanol–water partition coefficient (Wildman–Crippen LogP) is 1.09. The van der Waals surface area contributed by atoms with E-state index in [1.807, 2.05) is 6.08 Å². The van der Waals surface area contributed by atoms with Crippen molar-refractivity contribution in [2.45, 2.75) is 6.42 Å². The van der Waals surface area contributed by atoms with Crippen LogP contribution in [0.25, 0.3) is 0 Å². The molecule has 0 aromatic carbocycles. The van der Waals surface area contributed by atoms with Gasteiger partial charge in [-0.05, 0) is 12.5 Å². The second-order valence-electron chi connectivity index (χ2n) is 3.18. The average Bonchev–Trinajstić information content (AvgIpc) is 2.30. The fourth-order valence-electron chi connectivity index (χ4n) is 1.08. The summed E-state index contributed by atoms with van der Waals surface area (Å²) in [7, 11) is 3.28. The Morgan fingerprint density at radius 3 is 2.75 bits per heavy atom. The first-order valence-corrected chi connectivity index (χ1v) is 5.25. The van der Waals surface area contributed by atoms with E-state index in [4.69, 9.17) is 20.6 Å². The molecule has 0 aliphatic heterocycles. The van der Waals surface area contributed by atoms with E-state index in [2.05, 4.69) is 10.8 Å². The Balaban J connectivity index is 3.62. The molecule has 16 heavy (non-hydrogen) atoms. The molecule has 0 unspecified atom stereocenters. The Labute approximate surface area is 98.2 Å². The molecule has 0 aromatic heterocycles. The lowest BCUT2D eigenvalue weighted by molar-refractivity contribution is 0.00914. The zero-order valence-electron chi connectivity index (χ0n) is 10.1. The van der Waals surface area contributed by atoms with Crippen LogP contribution >= 0.6 is 0 Å². The van der Waals surface area contributed by atoms with Gasteiger partial charge < -0.3 is 14.2 Å². The highest BCUT2D eigenvalue weighted by Crippen LogP contribution is 1.93. The second-order valence-corrected chi connectivity index (χ2v) is 3.18. The number of methoxy groups -OCH3 is 2. The molecule has 0 aliphatic rings. The van der Waals surface area contributed by atoms with Crippen molar-refractivity contribution in [3.63, 3.8) is 0 Å². The number of ether oxygens (including phenoxy) is 3. The molecule has 0 bridgehead atoms. The molecule has 0 amide bonds. The molecule has 0 aromatic rings. The molecule has 4 heteroatoms. The van der Waals surface area contributed by atoms with Crippen LogP contribution in [0.1, 0.15) is 6.42 Å². The van der Waals surface area contributed by atoms with Gasteiger partial charge in [-0.1, -0.05) is 5.92 Å². The van der Waals surface area contributed by atoms with Crippen molar-refractivity contribution in [2.75, 3.05) is 47.3 Å². The van der Waals surface area contributed by atoms with E-state index in [1.54, 1.807) is 20.5 Å². The summed E-state index contributed by atoms with van der Waals surface area (Å²) in [4.78, 5) is 2.05. The highest BCUT2D eigenvalue weighted by molar-refractivity contribution is 4.88. The van der Waals surface area contributed by atoms with Gasteiger partial charge in [0.25, 0.3) is 0 Å². The normalized spacial score (nSPS) is 10.9. The molecule has 0 heterocycles. The predicted molar refractivity (Wildman–Crippen MR) is 63.9 cm³/mol. The molecular formula is C12H21NO3. The fraction of sp³-hybridized carbons (Fsp3) is 0.667. The van der Waals surface area contributed by atoms with E-state index in [9.17, 15) is 0 Å². The van der Waals surface area contributed by atoms with Gasteiger partial charge in [0.1, 0.15) is 0 Å². The lowest BCUT2D eigenvalue weighted by atomic mass is 10.4. The lowest BCUT2D eigenvalue weighted by Gasteiger charge is -2.18. The van der Waals surface area contributed by atoms with E-state index >= 15 is 0 Å². The Morgan fingerprint density at radius 1 is 1.31 bits per heavy atom. The minimum absolute atomic E-state index is 0.536. The van der Waals surface area contributed by atoms with Gasteiger partial charge in [0.05, 0.1) is 39.9 Å². The molecule has 0 atom stereocenters. The fourth-order valence-corrected chi connectivity index (χ4v) is 1.08. The van der Waals surface area contributed by atoms with Crippen LogP contribution in [0, 0.1) is 12.3 Å². The molecule has 0 saturated carbocycles. The Morgan fingerprint density at radius 2 is 2.12 bits per heavy atom. The first-order valence-electron chi connectivity index (χ1n) is 5.25. The quantitative estimate of drug-likeness (QED) is 0.242. The first kappa shape index (κ1) is 15.0. The van der Waals surface area contributed by atoms with E-state index in [-0.39, 0.29) is 0 Å². The van der Waals surface area contributed by atoms with Crippen LogP contribution in [0.2, 0.25) is 0 Å². The molecule has 0 N–H and O–H groups in total. The van der Waals surface area contributed by atoms with Gasteiger partial charge in [0.15, 0.2) is 0 Å².